The normalized spacial score (nSPS) is 14.3. The molecule has 2 aliphatic rings. The zero-order chi connectivity index (χ0) is 49.5. The zero-order valence-corrected chi connectivity index (χ0v) is 42.0. The van der Waals surface area contributed by atoms with Crippen LogP contribution in [0, 0.1) is 0 Å². The van der Waals surface area contributed by atoms with Crippen LogP contribution < -0.4 is 0 Å². The molecule has 0 bridgehead atoms. The third-order valence-corrected chi connectivity index (χ3v) is 16.8. The van der Waals surface area contributed by atoms with Gasteiger partial charge in [-0.3, -0.25) is 0 Å². The molecule has 2 nitrogen and oxygen atoms in total. The minimum absolute atomic E-state index is 0.147. The van der Waals surface area contributed by atoms with Gasteiger partial charge in [-0.2, -0.15) is 0 Å². The molecule has 0 saturated heterocycles. The van der Waals surface area contributed by atoms with Crippen LogP contribution in [0.2, 0.25) is 0 Å². The fourth-order valence-corrected chi connectivity index (χ4v) is 13.0. The van der Waals surface area contributed by atoms with Gasteiger partial charge in [0, 0.05) is 43.7 Å². The van der Waals surface area contributed by atoms with Crippen molar-refractivity contribution in [1.29, 1.82) is 0 Å². The molecular weight excluding hydrogens is 893 g/mol. The van der Waals surface area contributed by atoms with Crippen molar-refractivity contribution in [3.8, 4) is 33.6 Å². The molecule has 0 unspecified atom stereocenters. The first-order valence-corrected chi connectivity index (χ1v) is 26.1. The Balaban J connectivity index is 0.718. The van der Waals surface area contributed by atoms with Crippen LogP contribution in [0.1, 0.15) is 72.2 Å². The van der Waals surface area contributed by atoms with Crippen molar-refractivity contribution in [1.82, 2.24) is 9.13 Å². The molecule has 2 aliphatic carbocycles. The van der Waals surface area contributed by atoms with E-state index in [1.807, 2.05) is 0 Å². The molecule has 2 heterocycles. The van der Waals surface area contributed by atoms with Crippen LogP contribution >= 0.6 is 0 Å². The maximum atomic E-state index is 2.52. The van der Waals surface area contributed by atoms with Gasteiger partial charge in [-0.25, -0.2) is 0 Å². The topological polar surface area (TPSA) is 9.86 Å². The van der Waals surface area contributed by atoms with Crippen molar-refractivity contribution >= 4 is 89.5 Å². The van der Waals surface area contributed by atoms with E-state index < -0.39 is 0 Å². The molecule has 0 amide bonds. The maximum Gasteiger partial charge on any atom is 0.0541 e. The Labute approximate surface area is 431 Å². The quantitative estimate of drug-likeness (QED) is 0.147. The van der Waals surface area contributed by atoms with Gasteiger partial charge in [0.25, 0.3) is 0 Å². The standard InChI is InChI=1S/C72H52N2/c1-71(2)63-39-47(23-21-45-27-35-69-61(37-45)57-17-9-11-19-67(57)73(69)53-31-29-49-13-5-7-15-51(49)41-53)25-33-55(63)59-44-66-60(43-65(59)71)56-34-26-48(40-64(56)72(66,3)4)24-22-46-28-36-70-62(38-46)58-18-10-12-20-68(58)74(70)54-32-30-50-14-6-8-16-52(50)42-54/h5-44H,1-4H3/b23-21+,24-22+. The molecule has 0 radical (unpaired) electrons. The van der Waals surface area contributed by atoms with Crippen LogP contribution in [-0.2, 0) is 10.8 Å². The number of fused-ring (bicyclic) bond motifs is 14. The lowest BCUT2D eigenvalue weighted by molar-refractivity contribution is 0.652. The van der Waals surface area contributed by atoms with E-state index in [0.717, 1.165) is 0 Å². The minimum atomic E-state index is -0.147. The van der Waals surface area contributed by atoms with Crippen LogP contribution in [-0.4, -0.2) is 9.13 Å². The summed E-state index contributed by atoms with van der Waals surface area (Å²) in [5, 5.41) is 10.1. The van der Waals surface area contributed by atoms with Gasteiger partial charge in [-0.05, 0) is 161 Å². The average molecular weight is 945 g/mol. The highest BCUT2D eigenvalue weighted by molar-refractivity contribution is 6.11. The van der Waals surface area contributed by atoms with E-state index in [9.17, 15) is 0 Å². The van der Waals surface area contributed by atoms with Crippen LogP contribution in [0.15, 0.2) is 218 Å². The highest BCUT2D eigenvalue weighted by Crippen LogP contribution is 2.56. The van der Waals surface area contributed by atoms with Crippen molar-refractivity contribution in [2.75, 3.05) is 0 Å². The van der Waals surface area contributed by atoms with Gasteiger partial charge in [0.15, 0.2) is 0 Å². The first-order valence-electron chi connectivity index (χ1n) is 26.1. The molecule has 15 rings (SSSR count). The predicted molar refractivity (Wildman–Crippen MR) is 316 cm³/mol. The maximum absolute atomic E-state index is 2.52. The molecule has 2 heteroatoms. The summed E-state index contributed by atoms with van der Waals surface area (Å²) in [6, 6.07) is 81.4. The zero-order valence-electron chi connectivity index (χ0n) is 42.0. The summed E-state index contributed by atoms with van der Waals surface area (Å²) in [5.74, 6) is 0. The van der Waals surface area contributed by atoms with E-state index >= 15 is 0 Å². The third-order valence-electron chi connectivity index (χ3n) is 16.8. The smallest absolute Gasteiger partial charge is 0.0541 e. The van der Waals surface area contributed by atoms with E-state index in [0.29, 0.717) is 0 Å². The average Bonchev–Trinajstić information content (AvgIpc) is 4.10. The SMILES string of the molecule is CC1(C)c2cc(/C=C/c3ccc4c(c3)c3ccccc3n4-c3ccc4ccccc4c3)ccc2-c2cc3c(cc21)-c1ccc(/C=C/c2ccc4c(c2)c2ccccc2n4-c2ccc4ccccc4c2)cc1C3(C)C. The molecular formula is C72H52N2. The summed E-state index contributed by atoms with van der Waals surface area (Å²) in [6.45, 7) is 9.63. The number of para-hydroxylation sites is 2. The lowest BCUT2D eigenvalue weighted by atomic mass is 9.79. The molecule has 0 spiro atoms. The van der Waals surface area contributed by atoms with Crippen molar-refractivity contribution in [3.63, 3.8) is 0 Å². The number of nitrogens with zero attached hydrogens (tertiary/aromatic N) is 2. The Hall–Kier alpha value is -8.98. The molecule has 13 aromatic rings. The van der Waals surface area contributed by atoms with Gasteiger partial charge in [-0.15, -0.1) is 0 Å². The Kier molecular flexibility index (Phi) is 9.09. The number of hydrogen-bond acceptors (Lipinski definition) is 0. The Bertz CT molecular complexity index is 4310. The van der Waals surface area contributed by atoms with Crippen molar-refractivity contribution in [2.45, 2.75) is 38.5 Å². The van der Waals surface area contributed by atoms with E-state index in [2.05, 4.69) is 280 Å². The van der Waals surface area contributed by atoms with Gasteiger partial charge < -0.3 is 9.13 Å². The Morgan fingerprint density at radius 2 is 0.622 bits per heavy atom. The van der Waals surface area contributed by atoms with Crippen molar-refractivity contribution in [2.24, 2.45) is 0 Å². The van der Waals surface area contributed by atoms with Crippen molar-refractivity contribution in [3.05, 3.63) is 263 Å². The molecule has 74 heavy (non-hydrogen) atoms. The number of benzene rings is 11. The molecule has 350 valence electrons. The van der Waals surface area contributed by atoms with Crippen LogP contribution in [0.3, 0.4) is 0 Å². The van der Waals surface area contributed by atoms with Gasteiger partial charge >= 0.3 is 0 Å². The number of rotatable bonds is 6. The van der Waals surface area contributed by atoms with Crippen LogP contribution in [0.25, 0.3) is 123 Å². The fraction of sp³-hybridized carbons (Fsp3) is 0.0833. The first-order chi connectivity index (χ1) is 36.2. The molecule has 11 aromatic carbocycles. The molecule has 0 aliphatic heterocycles. The van der Waals surface area contributed by atoms with Crippen LogP contribution in [0.5, 0.6) is 0 Å². The molecule has 0 N–H and O–H groups in total. The predicted octanol–water partition coefficient (Wildman–Crippen LogP) is 19.1. The summed E-state index contributed by atoms with van der Waals surface area (Å²) >= 11 is 0. The van der Waals surface area contributed by atoms with E-state index in [-0.39, 0.29) is 10.8 Å². The monoisotopic (exact) mass is 944 g/mol. The second-order valence-electron chi connectivity index (χ2n) is 21.8. The minimum Gasteiger partial charge on any atom is -0.309 e. The molecule has 2 aromatic heterocycles. The molecule has 0 saturated carbocycles. The van der Waals surface area contributed by atoms with E-state index in [1.54, 1.807) is 0 Å². The lowest BCUT2D eigenvalue weighted by Gasteiger charge is -2.24. The summed E-state index contributed by atoms with van der Waals surface area (Å²) in [6.07, 6.45) is 9.14. The first kappa shape index (κ1) is 42.7. The fourth-order valence-electron chi connectivity index (χ4n) is 13.0. The van der Waals surface area contributed by atoms with Gasteiger partial charge in [0.1, 0.15) is 0 Å². The molecule has 0 atom stereocenters. The van der Waals surface area contributed by atoms with Crippen molar-refractivity contribution < 1.29 is 0 Å². The van der Waals surface area contributed by atoms with E-state index in [4.69, 9.17) is 0 Å². The highest BCUT2D eigenvalue weighted by atomic mass is 15.0. The highest BCUT2D eigenvalue weighted by Gasteiger charge is 2.41. The van der Waals surface area contributed by atoms with Gasteiger partial charge in [-0.1, -0.05) is 198 Å². The van der Waals surface area contributed by atoms with E-state index in [1.165, 1.54) is 143 Å². The van der Waals surface area contributed by atoms with Gasteiger partial charge in [0.05, 0.1) is 22.1 Å². The third kappa shape index (κ3) is 6.37. The Morgan fingerprint density at radius 1 is 0.270 bits per heavy atom. The summed E-state index contributed by atoms with van der Waals surface area (Å²) in [5.41, 5.74) is 22.8. The Morgan fingerprint density at radius 3 is 1.07 bits per heavy atom. The second kappa shape index (κ2) is 15.8. The summed E-state index contributed by atoms with van der Waals surface area (Å²) < 4.78 is 4.82. The van der Waals surface area contributed by atoms with Crippen LogP contribution in [0.4, 0.5) is 0 Å². The van der Waals surface area contributed by atoms with Gasteiger partial charge in [0.2, 0.25) is 0 Å². The molecule has 0 fully saturated rings. The number of hydrogen-bond donors (Lipinski definition) is 0. The summed E-state index contributed by atoms with van der Waals surface area (Å²) in [7, 11) is 0. The summed E-state index contributed by atoms with van der Waals surface area (Å²) in [4.78, 5) is 0. The second-order valence-corrected chi connectivity index (χ2v) is 21.8. The largest absolute Gasteiger partial charge is 0.309 e. The lowest BCUT2D eigenvalue weighted by Crippen LogP contribution is -2.17. The number of aromatic nitrogens is 2.